The Morgan fingerprint density at radius 3 is 2.76 bits per heavy atom. The molecule has 2 aromatic heterocycles. The molecule has 212 valence electrons. The SMILES string of the molecule is CCOC(=O)C1=C(C)N=c2s/c(=C/c3cc(Br)c(N4CCOCC4)o3)c(=O)n2[C@@H]1c1c(OC)ccc2ccccc12. The summed E-state index contributed by atoms with van der Waals surface area (Å²) < 4.78 is 25.7. The van der Waals surface area contributed by atoms with Gasteiger partial charge < -0.3 is 23.5 Å². The van der Waals surface area contributed by atoms with Gasteiger partial charge >= 0.3 is 5.97 Å². The largest absolute Gasteiger partial charge is 0.496 e. The fraction of sp³-hybridized carbons (Fsp3) is 0.300. The molecular formula is C30H28BrN3O6S. The number of allylic oxidation sites excluding steroid dienone is 1. The Labute approximate surface area is 248 Å². The number of ether oxygens (including phenoxy) is 3. The smallest absolute Gasteiger partial charge is 0.338 e. The summed E-state index contributed by atoms with van der Waals surface area (Å²) in [6.07, 6.45) is 1.72. The van der Waals surface area contributed by atoms with Crippen LogP contribution in [0.4, 0.5) is 5.88 Å². The molecular weight excluding hydrogens is 610 g/mol. The number of anilines is 1. The lowest BCUT2D eigenvalue weighted by molar-refractivity contribution is -0.139. The first-order chi connectivity index (χ1) is 19.9. The first kappa shape index (κ1) is 27.5. The Bertz CT molecular complexity index is 1860. The molecule has 0 spiro atoms. The van der Waals surface area contributed by atoms with Crippen LogP contribution in [0.5, 0.6) is 5.75 Å². The zero-order chi connectivity index (χ0) is 28.7. The van der Waals surface area contributed by atoms with Gasteiger partial charge in [0, 0.05) is 30.8 Å². The first-order valence-electron chi connectivity index (χ1n) is 13.3. The van der Waals surface area contributed by atoms with Crippen molar-refractivity contribution < 1.29 is 23.4 Å². The number of carbonyl (C=O) groups is 1. The highest BCUT2D eigenvalue weighted by Crippen LogP contribution is 2.40. The van der Waals surface area contributed by atoms with E-state index in [0.29, 0.717) is 56.8 Å². The maximum Gasteiger partial charge on any atom is 0.338 e. The van der Waals surface area contributed by atoms with E-state index in [2.05, 4.69) is 20.8 Å². The molecule has 0 radical (unpaired) electrons. The first-order valence-corrected chi connectivity index (χ1v) is 14.9. The van der Waals surface area contributed by atoms with Gasteiger partial charge in [-0.25, -0.2) is 9.79 Å². The van der Waals surface area contributed by atoms with Gasteiger partial charge in [-0.1, -0.05) is 41.7 Å². The van der Waals surface area contributed by atoms with E-state index in [0.717, 1.165) is 28.3 Å². The summed E-state index contributed by atoms with van der Waals surface area (Å²) in [4.78, 5) is 34.8. The third-order valence-electron chi connectivity index (χ3n) is 7.20. The minimum atomic E-state index is -0.805. The summed E-state index contributed by atoms with van der Waals surface area (Å²) in [5, 5.41) is 1.83. The van der Waals surface area contributed by atoms with Crippen molar-refractivity contribution in [3.63, 3.8) is 0 Å². The number of fused-ring (bicyclic) bond motifs is 2. The van der Waals surface area contributed by atoms with Gasteiger partial charge in [0.25, 0.3) is 5.56 Å². The number of nitrogens with zero attached hydrogens (tertiary/aromatic N) is 3. The second-order valence-corrected chi connectivity index (χ2v) is 11.5. The van der Waals surface area contributed by atoms with E-state index in [-0.39, 0.29) is 12.2 Å². The number of thiazole rings is 1. The number of hydrogen-bond acceptors (Lipinski definition) is 9. The second-order valence-electron chi connectivity index (χ2n) is 9.61. The molecule has 11 heteroatoms. The topological polar surface area (TPSA) is 95.5 Å². The Morgan fingerprint density at radius 1 is 1.22 bits per heavy atom. The summed E-state index contributed by atoms with van der Waals surface area (Å²) in [6, 6.07) is 12.7. The van der Waals surface area contributed by atoms with E-state index in [9.17, 15) is 9.59 Å². The van der Waals surface area contributed by atoms with Crippen LogP contribution in [0.3, 0.4) is 0 Å². The number of benzene rings is 2. The molecule has 9 nitrogen and oxygen atoms in total. The molecule has 1 saturated heterocycles. The van der Waals surface area contributed by atoms with Gasteiger partial charge in [0.1, 0.15) is 17.6 Å². The molecule has 2 aliphatic heterocycles. The number of esters is 1. The standard InChI is InChI=1S/C30H28BrN3O6S/c1-4-39-29(36)24-17(2)32-30-34(26(24)25-20-8-6-5-7-18(20)9-10-22(25)37-3)27(35)23(41-30)16-19-15-21(31)28(40-19)33-11-13-38-14-12-33/h5-10,15-16,26H,4,11-14H2,1-3H3/b23-16+/t26-/m0/s1. The van der Waals surface area contributed by atoms with Crippen molar-refractivity contribution in [2.75, 3.05) is 44.9 Å². The van der Waals surface area contributed by atoms with Crippen LogP contribution in [0.1, 0.15) is 31.2 Å². The number of hydrogen-bond donors (Lipinski definition) is 0. The number of furan rings is 1. The van der Waals surface area contributed by atoms with Gasteiger partial charge in [-0.3, -0.25) is 9.36 Å². The highest BCUT2D eigenvalue weighted by atomic mass is 79.9. The molecule has 6 rings (SSSR count). The van der Waals surface area contributed by atoms with Crippen LogP contribution < -0.4 is 24.5 Å². The molecule has 4 heterocycles. The van der Waals surface area contributed by atoms with Crippen LogP contribution in [-0.2, 0) is 14.3 Å². The molecule has 2 aromatic carbocycles. The van der Waals surface area contributed by atoms with Crippen LogP contribution in [0.25, 0.3) is 16.8 Å². The number of carbonyl (C=O) groups excluding carboxylic acids is 1. The van der Waals surface area contributed by atoms with Crippen LogP contribution >= 0.6 is 27.3 Å². The molecule has 1 atom stereocenters. The molecule has 0 saturated carbocycles. The van der Waals surface area contributed by atoms with E-state index in [4.69, 9.17) is 23.6 Å². The van der Waals surface area contributed by atoms with Crippen LogP contribution in [0, 0.1) is 0 Å². The van der Waals surface area contributed by atoms with Gasteiger partial charge in [-0.15, -0.1) is 0 Å². The molecule has 41 heavy (non-hydrogen) atoms. The predicted molar refractivity (Wildman–Crippen MR) is 160 cm³/mol. The minimum Gasteiger partial charge on any atom is -0.496 e. The molecule has 4 aromatic rings. The molecule has 2 aliphatic rings. The lowest BCUT2D eigenvalue weighted by Gasteiger charge is -2.27. The van der Waals surface area contributed by atoms with Crippen LogP contribution in [0.2, 0.25) is 0 Å². The van der Waals surface area contributed by atoms with E-state index < -0.39 is 12.0 Å². The van der Waals surface area contributed by atoms with Crippen molar-refractivity contribution in [3.8, 4) is 5.75 Å². The maximum absolute atomic E-state index is 14.1. The van der Waals surface area contributed by atoms with Crippen molar-refractivity contribution >= 4 is 56.0 Å². The number of rotatable bonds is 6. The van der Waals surface area contributed by atoms with E-state index in [1.165, 1.54) is 11.3 Å². The molecule has 0 N–H and O–H groups in total. The van der Waals surface area contributed by atoms with Crippen molar-refractivity contribution in [2.24, 2.45) is 4.99 Å². The summed E-state index contributed by atoms with van der Waals surface area (Å²) in [5.74, 6) is 1.27. The molecule has 1 fully saturated rings. The molecule has 0 amide bonds. The normalized spacial score (nSPS) is 17.5. The molecule has 0 aliphatic carbocycles. The van der Waals surface area contributed by atoms with Crippen molar-refractivity contribution in [2.45, 2.75) is 19.9 Å². The summed E-state index contributed by atoms with van der Waals surface area (Å²) >= 11 is 4.85. The number of aromatic nitrogens is 1. The predicted octanol–water partition coefficient (Wildman–Crippen LogP) is 4.15. The monoisotopic (exact) mass is 637 g/mol. The average Bonchev–Trinajstić information content (AvgIpc) is 3.50. The van der Waals surface area contributed by atoms with Gasteiger partial charge in [-0.05, 0) is 46.6 Å². The Balaban J connectivity index is 1.56. The third kappa shape index (κ3) is 4.92. The average molecular weight is 639 g/mol. The molecule has 0 bridgehead atoms. The lowest BCUT2D eigenvalue weighted by Crippen LogP contribution is -2.40. The summed E-state index contributed by atoms with van der Waals surface area (Å²) in [7, 11) is 1.58. The third-order valence-corrected chi connectivity index (χ3v) is 8.75. The van der Waals surface area contributed by atoms with Crippen molar-refractivity contribution in [3.05, 3.63) is 89.2 Å². The van der Waals surface area contributed by atoms with E-state index in [1.807, 2.05) is 42.5 Å². The van der Waals surface area contributed by atoms with Crippen LogP contribution in [0.15, 0.2) is 72.4 Å². The number of morpholine rings is 1. The van der Waals surface area contributed by atoms with Crippen molar-refractivity contribution in [1.29, 1.82) is 0 Å². The Morgan fingerprint density at radius 2 is 2.00 bits per heavy atom. The quantitative estimate of drug-likeness (QED) is 0.293. The van der Waals surface area contributed by atoms with Crippen LogP contribution in [-0.4, -0.2) is 50.6 Å². The Kier molecular flexibility index (Phi) is 7.58. The number of methoxy groups -OCH3 is 1. The van der Waals surface area contributed by atoms with Gasteiger partial charge in [-0.2, -0.15) is 0 Å². The maximum atomic E-state index is 14.1. The van der Waals surface area contributed by atoms with Gasteiger partial charge in [0.05, 0.1) is 47.2 Å². The van der Waals surface area contributed by atoms with Gasteiger partial charge in [0.15, 0.2) is 4.80 Å². The second kappa shape index (κ2) is 11.3. The Hall–Kier alpha value is -3.67. The highest BCUT2D eigenvalue weighted by Gasteiger charge is 2.36. The highest BCUT2D eigenvalue weighted by molar-refractivity contribution is 9.10. The number of halogens is 1. The zero-order valence-electron chi connectivity index (χ0n) is 22.8. The van der Waals surface area contributed by atoms with Crippen molar-refractivity contribution in [1.82, 2.24) is 4.57 Å². The summed E-state index contributed by atoms with van der Waals surface area (Å²) in [5.41, 5.74) is 1.21. The lowest BCUT2D eigenvalue weighted by atomic mass is 9.90. The fourth-order valence-electron chi connectivity index (χ4n) is 5.36. The molecule has 0 unspecified atom stereocenters. The van der Waals surface area contributed by atoms with E-state index >= 15 is 0 Å². The van der Waals surface area contributed by atoms with Gasteiger partial charge in [0.2, 0.25) is 5.88 Å². The minimum absolute atomic E-state index is 0.193. The van der Waals surface area contributed by atoms with E-state index in [1.54, 1.807) is 31.6 Å². The zero-order valence-corrected chi connectivity index (χ0v) is 25.2. The fourth-order valence-corrected chi connectivity index (χ4v) is 6.94. The summed E-state index contributed by atoms with van der Waals surface area (Å²) in [6.45, 7) is 6.41.